The van der Waals surface area contributed by atoms with Crippen molar-refractivity contribution in [1.29, 1.82) is 0 Å². The van der Waals surface area contributed by atoms with E-state index in [1.165, 1.54) is 0 Å². The maximum absolute atomic E-state index is 12.3. The molecule has 6 nitrogen and oxygen atoms in total. The Morgan fingerprint density at radius 2 is 2.19 bits per heavy atom. The molecule has 0 aliphatic heterocycles. The van der Waals surface area contributed by atoms with Crippen LogP contribution in [0.3, 0.4) is 0 Å². The Bertz CT molecular complexity index is 797. The summed E-state index contributed by atoms with van der Waals surface area (Å²) in [5, 5.41) is 2.87. The number of imidazole rings is 1. The highest BCUT2D eigenvalue weighted by Crippen LogP contribution is 2.15. The first-order chi connectivity index (χ1) is 10.1. The van der Waals surface area contributed by atoms with Crippen molar-refractivity contribution in [1.82, 2.24) is 19.7 Å². The largest absolute Gasteiger partial charge is 0.469 e. The Kier molecular flexibility index (Phi) is 3.21. The smallest absolute Gasteiger partial charge is 0.274 e. The van der Waals surface area contributed by atoms with Crippen LogP contribution in [-0.2, 0) is 6.54 Å². The summed E-state index contributed by atoms with van der Waals surface area (Å²) in [6, 6.07) is 0. The van der Waals surface area contributed by atoms with E-state index in [1.54, 1.807) is 23.1 Å². The molecule has 0 saturated carbocycles. The normalized spacial score (nSPS) is 11.0. The molecule has 0 aliphatic rings. The van der Waals surface area contributed by atoms with Crippen molar-refractivity contribution in [2.75, 3.05) is 0 Å². The average molecular weight is 284 g/mol. The fraction of sp³-hybridized carbons (Fsp3) is 0.267. The molecule has 0 aliphatic carbocycles. The number of aromatic nitrogens is 3. The maximum Gasteiger partial charge on any atom is 0.274 e. The lowest BCUT2D eigenvalue weighted by Gasteiger charge is -2.06. The first-order valence-corrected chi connectivity index (χ1v) is 6.68. The number of carbonyl (C=O) groups is 1. The molecule has 1 amide bonds. The number of fused-ring (bicyclic) bond motifs is 1. The van der Waals surface area contributed by atoms with E-state index >= 15 is 0 Å². The zero-order valence-corrected chi connectivity index (χ0v) is 12.2. The maximum atomic E-state index is 12.3. The van der Waals surface area contributed by atoms with E-state index in [9.17, 15) is 4.79 Å². The number of carbonyl (C=O) groups excluding carboxylic acids is 1. The summed E-state index contributed by atoms with van der Waals surface area (Å²) in [5.74, 6) is 0.571. The van der Waals surface area contributed by atoms with Gasteiger partial charge in [-0.25, -0.2) is 9.97 Å². The number of hydrogen-bond acceptors (Lipinski definition) is 4. The van der Waals surface area contributed by atoms with Crippen LogP contribution in [0.4, 0.5) is 0 Å². The number of amides is 1. The molecule has 6 heteroatoms. The number of rotatable bonds is 3. The van der Waals surface area contributed by atoms with E-state index in [0.29, 0.717) is 17.9 Å². The SMILES string of the molecule is Cc1cn2ccnc(C(=O)NCc3c(C)coc3C)c2n1. The van der Waals surface area contributed by atoms with Crippen molar-refractivity contribution in [3.63, 3.8) is 0 Å². The van der Waals surface area contributed by atoms with E-state index < -0.39 is 0 Å². The van der Waals surface area contributed by atoms with Gasteiger partial charge in [-0.1, -0.05) is 0 Å². The van der Waals surface area contributed by atoms with Crippen LogP contribution in [0.15, 0.2) is 29.3 Å². The second-order valence-electron chi connectivity index (χ2n) is 5.03. The Labute approximate surface area is 121 Å². The van der Waals surface area contributed by atoms with Crippen LogP contribution >= 0.6 is 0 Å². The minimum Gasteiger partial charge on any atom is -0.469 e. The van der Waals surface area contributed by atoms with Gasteiger partial charge in [-0.05, 0) is 26.3 Å². The quantitative estimate of drug-likeness (QED) is 0.800. The van der Waals surface area contributed by atoms with E-state index in [0.717, 1.165) is 22.6 Å². The highest BCUT2D eigenvalue weighted by Gasteiger charge is 2.15. The second-order valence-corrected chi connectivity index (χ2v) is 5.03. The van der Waals surface area contributed by atoms with Crippen molar-refractivity contribution < 1.29 is 9.21 Å². The molecule has 0 spiro atoms. The van der Waals surface area contributed by atoms with Crippen molar-refractivity contribution in [2.24, 2.45) is 0 Å². The lowest BCUT2D eigenvalue weighted by Crippen LogP contribution is -2.25. The Morgan fingerprint density at radius 3 is 2.90 bits per heavy atom. The fourth-order valence-corrected chi connectivity index (χ4v) is 2.32. The predicted octanol–water partition coefficient (Wildman–Crippen LogP) is 2.18. The van der Waals surface area contributed by atoms with Gasteiger partial charge in [-0.15, -0.1) is 0 Å². The monoisotopic (exact) mass is 284 g/mol. The summed E-state index contributed by atoms with van der Waals surface area (Å²) < 4.78 is 7.12. The Balaban J connectivity index is 1.84. The van der Waals surface area contributed by atoms with Gasteiger partial charge in [0.15, 0.2) is 11.3 Å². The molecule has 0 radical (unpaired) electrons. The van der Waals surface area contributed by atoms with Crippen LogP contribution < -0.4 is 5.32 Å². The summed E-state index contributed by atoms with van der Waals surface area (Å²) in [5.41, 5.74) is 3.75. The lowest BCUT2D eigenvalue weighted by atomic mass is 10.1. The highest BCUT2D eigenvalue weighted by atomic mass is 16.3. The first kappa shape index (κ1) is 13.4. The lowest BCUT2D eigenvalue weighted by molar-refractivity contribution is 0.0947. The minimum atomic E-state index is -0.244. The van der Waals surface area contributed by atoms with Crippen molar-refractivity contribution in [2.45, 2.75) is 27.3 Å². The Morgan fingerprint density at radius 1 is 1.38 bits per heavy atom. The standard InChI is InChI=1S/C15H16N4O2/c1-9-8-21-11(3)12(9)6-17-15(20)13-14-18-10(2)7-19(14)5-4-16-13/h4-5,7-8H,6H2,1-3H3,(H,17,20). The number of nitrogens with zero attached hydrogens (tertiary/aromatic N) is 3. The molecule has 3 heterocycles. The Hall–Kier alpha value is -2.63. The summed E-state index contributed by atoms with van der Waals surface area (Å²) >= 11 is 0. The number of nitrogens with one attached hydrogen (secondary N) is 1. The zero-order chi connectivity index (χ0) is 15.0. The molecule has 0 aromatic carbocycles. The fourth-order valence-electron chi connectivity index (χ4n) is 2.32. The molecule has 0 unspecified atom stereocenters. The summed E-state index contributed by atoms with van der Waals surface area (Å²) in [7, 11) is 0. The van der Waals surface area contributed by atoms with Gasteiger partial charge in [-0.3, -0.25) is 4.79 Å². The molecule has 108 valence electrons. The van der Waals surface area contributed by atoms with E-state index in [2.05, 4.69) is 15.3 Å². The molecular weight excluding hydrogens is 268 g/mol. The number of aryl methyl sites for hydroxylation is 3. The number of hydrogen-bond donors (Lipinski definition) is 1. The third kappa shape index (κ3) is 2.40. The van der Waals surface area contributed by atoms with E-state index in [4.69, 9.17) is 4.42 Å². The van der Waals surface area contributed by atoms with Gasteiger partial charge in [0, 0.05) is 30.7 Å². The van der Waals surface area contributed by atoms with Gasteiger partial charge < -0.3 is 14.1 Å². The average Bonchev–Trinajstić information content (AvgIpc) is 2.98. The highest BCUT2D eigenvalue weighted by molar-refractivity contribution is 5.97. The minimum absolute atomic E-state index is 0.244. The molecule has 1 N–H and O–H groups in total. The van der Waals surface area contributed by atoms with Gasteiger partial charge in [0.1, 0.15) is 5.76 Å². The molecule has 0 saturated heterocycles. The van der Waals surface area contributed by atoms with Crippen molar-refractivity contribution in [3.05, 3.63) is 53.1 Å². The molecule has 0 fully saturated rings. The zero-order valence-electron chi connectivity index (χ0n) is 12.2. The molecule has 0 bridgehead atoms. The third-order valence-electron chi connectivity index (χ3n) is 3.45. The van der Waals surface area contributed by atoms with Crippen LogP contribution in [0.25, 0.3) is 5.65 Å². The van der Waals surface area contributed by atoms with Gasteiger partial charge in [-0.2, -0.15) is 0 Å². The molecule has 0 atom stereocenters. The molecule has 3 aromatic heterocycles. The van der Waals surface area contributed by atoms with Gasteiger partial charge >= 0.3 is 0 Å². The second kappa shape index (κ2) is 5.05. The van der Waals surface area contributed by atoms with Crippen molar-refractivity contribution >= 4 is 11.6 Å². The topological polar surface area (TPSA) is 72.4 Å². The summed E-state index contributed by atoms with van der Waals surface area (Å²) in [6.07, 6.45) is 6.92. The van der Waals surface area contributed by atoms with Crippen LogP contribution in [0.1, 0.15) is 33.1 Å². The number of furan rings is 1. The van der Waals surface area contributed by atoms with Gasteiger partial charge in [0.05, 0.1) is 12.0 Å². The first-order valence-electron chi connectivity index (χ1n) is 6.68. The van der Waals surface area contributed by atoms with Crippen LogP contribution in [0.5, 0.6) is 0 Å². The summed E-state index contributed by atoms with van der Waals surface area (Å²) in [4.78, 5) is 20.8. The van der Waals surface area contributed by atoms with E-state index in [1.807, 2.05) is 27.0 Å². The van der Waals surface area contributed by atoms with E-state index in [-0.39, 0.29) is 5.91 Å². The van der Waals surface area contributed by atoms with Gasteiger partial charge in [0.25, 0.3) is 5.91 Å². The van der Waals surface area contributed by atoms with Crippen LogP contribution in [-0.4, -0.2) is 20.3 Å². The predicted molar refractivity (Wildman–Crippen MR) is 77.1 cm³/mol. The molecule has 3 rings (SSSR count). The van der Waals surface area contributed by atoms with Crippen molar-refractivity contribution in [3.8, 4) is 0 Å². The molecule has 3 aromatic rings. The molecule has 21 heavy (non-hydrogen) atoms. The van der Waals surface area contributed by atoms with Crippen LogP contribution in [0.2, 0.25) is 0 Å². The summed E-state index contributed by atoms with van der Waals surface area (Å²) in [6.45, 7) is 6.13. The third-order valence-corrected chi connectivity index (χ3v) is 3.45. The van der Waals surface area contributed by atoms with Gasteiger partial charge in [0.2, 0.25) is 0 Å². The molecular formula is C15H16N4O2. The van der Waals surface area contributed by atoms with Crippen LogP contribution in [0, 0.1) is 20.8 Å².